The Morgan fingerprint density at radius 3 is 1.02 bits per heavy atom. The van der Waals surface area contributed by atoms with Gasteiger partial charge in [-0.1, -0.05) is 146 Å². The highest BCUT2D eigenvalue weighted by atomic mass is 15.1. The first-order valence-electron chi connectivity index (χ1n) is 16.6. The molecule has 0 bridgehead atoms. The molecule has 0 radical (unpaired) electrons. The van der Waals surface area contributed by atoms with Crippen molar-refractivity contribution in [2.75, 3.05) is 0 Å². The fraction of sp³-hybridized carbons (Fsp3) is 0. The molecule has 0 aliphatic rings. The van der Waals surface area contributed by atoms with E-state index in [1.807, 2.05) is 97.6 Å². The van der Waals surface area contributed by atoms with Gasteiger partial charge in [0.2, 0.25) is 0 Å². The zero-order valence-electron chi connectivity index (χ0n) is 27.0. The number of nitrogens with zero attached hydrogens (tertiary/aromatic N) is 6. The van der Waals surface area contributed by atoms with E-state index in [0.29, 0.717) is 0 Å². The van der Waals surface area contributed by atoms with E-state index in [-0.39, 0.29) is 0 Å². The quantitative estimate of drug-likeness (QED) is 0.192. The van der Waals surface area contributed by atoms with Crippen molar-refractivity contribution >= 4 is 33.1 Å². The van der Waals surface area contributed by atoms with Gasteiger partial charge in [0.25, 0.3) is 0 Å². The molecule has 0 fully saturated rings. The summed E-state index contributed by atoms with van der Waals surface area (Å²) in [6.45, 7) is 0. The monoisotopic (exact) mass is 642 g/mol. The molecule has 0 amide bonds. The van der Waals surface area contributed by atoms with Crippen LogP contribution in [0.2, 0.25) is 0 Å². The Labute approximate surface area is 288 Å². The number of para-hydroxylation sites is 2. The molecule has 0 saturated carbocycles. The Balaban J connectivity index is 0.000000135. The number of hydrogen-bond donors (Lipinski definition) is 0. The number of rotatable bonds is 4. The highest BCUT2D eigenvalue weighted by molar-refractivity contribution is 5.96. The third-order valence-corrected chi connectivity index (χ3v) is 8.93. The van der Waals surface area contributed by atoms with E-state index in [2.05, 4.69) is 104 Å². The van der Waals surface area contributed by atoms with Gasteiger partial charge < -0.3 is 0 Å². The Morgan fingerprint density at radius 2 is 0.640 bits per heavy atom. The number of aromatic nitrogens is 6. The summed E-state index contributed by atoms with van der Waals surface area (Å²) in [6, 6.07) is 57.7. The first-order chi connectivity index (χ1) is 24.8. The van der Waals surface area contributed by atoms with Crippen molar-refractivity contribution in [2.24, 2.45) is 0 Å². The topological polar surface area (TPSA) is 60.4 Å². The molecular formula is C44H30N6. The summed E-state index contributed by atoms with van der Waals surface area (Å²) < 4.78 is 4.19. The van der Waals surface area contributed by atoms with Crippen molar-refractivity contribution < 1.29 is 0 Å². The average molecular weight is 643 g/mol. The second-order valence-corrected chi connectivity index (χ2v) is 12.0. The summed E-state index contributed by atoms with van der Waals surface area (Å²) in [5.74, 6) is 0. The first-order valence-corrected chi connectivity index (χ1v) is 16.6. The van der Waals surface area contributed by atoms with Gasteiger partial charge in [0.1, 0.15) is 23.9 Å². The van der Waals surface area contributed by atoms with E-state index < -0.39 is 0 Å². The maximum absolute atomic E-state index is 5.01. The van der Waals surface area contributed by atoms with Crippen molar-refractivity contribution in [3.63, 3.8) is 0 Å². The minimum absolute atomic E-state index is 0.934. The maximum atomic E-state index is 5.01. The summed E-state index contributed by atoms with van der Waals surface area (Å²) in [5.41, 5.74) is 12.3. The summed E-state index contributed by atoms with van der Waals surface area (Å²) in [6.07, 6.45) is 3.75. The number of hydrogen-bond acceptors (Lipinski definition) is 4. The van der Waals surface area contributed by atoms with E-state index in [1.165, 1.54) is 0 Å². The van der Waals surface area contributed by atoms with Crippen molar-refractivity contribution in [2.45, 2.75) is 0 Å². The van der Waals surface area contributed by atoms with Crippen LogP contribution >= 0.6 is 0 Å². The molecule has 0 aliphatic heterocycles. The second-order valence-electron chi connectivity index (χ2n) is 12.0. The van der Waals surface area contributed by atoms with E-state index in [1.54, 1.807) is 0 Å². The van der Waals surface area contributed by atoms with Gasteiger partial charge in [-0.05, 0) is 24.3 Å². The first kappa shape index (κ1) is 29.2. The SMILES string of the molecule is c1ccc(-c2nc3c4ccccc4ncn3c2-c2ccccc2)cc1.c1ccc(-c2nc3c4ccccc4ncn3c2-c2ccccc2)cc1. The van der Waals surface area contributed by atoms with Crippen LogP contribution in [0, 0.1) is 0 Å². The van der Waals surface area contributed by atoms with E-state index >= 15 is 0 Å². The van der Waals surface area contributed by atoms with Crippen molar-refractivity contribution in [1.82, 2.24) is 28.7 Å². The zero-order valence-corrected chi connectivity index (χ0v) is 27.0. The van der Waals surface area contributed by atoms with E-state index in [4.69, 9.17) is 9.97 Å². The molecule has 0 aliphatic carbocycles. The van der Waals surface area contributed by atoms with Crippen LogP contribution in [0.15, 0.2) is 183 Å². The number of benzene rings is 6. The van der Waals surface area contributed by atoms with Crippen molar-refractivity contribution in [1.29, 1.82) is 0 Å². The third kappa shape index (κ3) is 5.16. The molecule has 10 aromatic rings. The lowest BCUT2D eigenvalue weighted by Gasteiger charge is -2.06. The molecule has 6 nitrogen and oxygen atoms in total. The van der Waals surface area contributed by atoms with Crippen LogP contribution in [0.3, 0.4) is 0 Å². The smallest absolute Gasteiger partial charge is 0.148 e. The molecule has 0 N–H and O–H groups in total. The van der Waals surface area contributed by atoms with Crippen LogP contribution in [0.4, 0.5) is 0 Å². The standard InChI is InChI=1S/2C22H15N3/c2*1-3-9-16(10-4-1)20-21(17-11-5-2-6-12-17)25-15-23-19-14-8-7-13-18(19)22(25)24-20/h2*1-15H. The molecule has 0 unspecified atom stereocenters. The second kappa shape index (κ2) is 12.6. The predicted octanol–water partition coefficient (Wildman–Crippen LogP) is 10.4. The molecule has 0 atom stereocenters. The van der Waals surface area contributed by atoms with Gasteiger partial charge in [-0.3, -0.25) is 8.80 Å². The minimum Gasteiger partial charge on any atom is -0.282 e. The Kier molecular flexibility index (Phi) is 7.37. The lowest BCUT2D eigenvalue weighted by atomic mass is 10.1. The summed E-state index contributed by atoms with van der Waals surface area (Å²) in [5, 5.41) is 2.12. The van der Waals surface area contributed by atoms with Gasteiger partial charge in [-0.2, -0.15) is 0 Å². The molecule has 4 heterocycles. The summed E-state index contributed by atoms with van der Waals surface area (Å²) in [7, 11) is 0. The molecule has 0 saturated heterocycles. The third-order valence-electron chi connectivity index (χ3n) is 8.93. The van der Waals surface area contributed by atoms with Crippen LogP contribution in [0.25, 0.3) is 78.1 Å². The zero-order chi connectivity index (χ0) is 33.3. The molecular weight excluding hydrogens is 613 g/mol. The highest BCUT2D eigenvalue weighted by Gasteiger charge is 2.19. The van der Waals surface area contributed by atoms with E-state index in [0.717, 1.165) is 78.1 Å². The molecule has 0 spiro atoms. The van der Waals surface area contributed by atoms with E-state index in [9.17, 15) is 0 Å². The van der Waals surface area contributed by atoms with Crippen LogP contribution in [0.1, 0.15) is 0 Å². The van der Waals surface area contributed by atoms with Crippen LogP contribution < -0.4 is 0 Å². The molecule has 236 valence electrons. The van der Waals surface area contributed by atoms with Gasteiger partial charge in [0.15, 0.2) is 0 Å². The van der Waals surface area contributed by atoms with Crippen LogP contribution in [0.5, 0.6) is 0 Å². The maximum Gasteiger partial charge on any atom is 0.148 e. The molecule has 50 heavy (non-hydrogen) atoms. The fourth-order valence-corrected chi connectivity index (χ4v) is 6.60. The minimum atomic E-state index is 0.934. The van der Waals surface area contributed by atoms with Crippen molar-refractivity contribution in [3.05, 3.63) is 183 Å². The Bertz CT molecular complexity index is 2540. The van der Waals surface area contributed by atoms with Gasteiger partial charge in [0, 0.05) is 33.0 Å². The Morgan fingerprint density at radius 1 is 0.320 bits per heavy atom. The van der Waals surface area contributed by atoms with Gasteiger partial charge in [-0.25, -0.2) is 19.9 Å². The fourth-order valence-electron chi connectivity index (χ4n) is 6.60. The van der Waals surface area contributed by atoms with Crippen molar-refractivity contribution in [3.8, 4) is 45.0 Å². The summed E-state index contributed by atoms with van der Waals surface area (Å²) in [4.78, 5) is 19.3. The lowest BCUT2D eigenvalue weighted by molar-refractivity contribution is 1.12. The normalized spacial score (nSPS) is 11.2. The predicted molar refractivity (Wildman–Crippen MR) is 203 cm³/mol. The molecule has 4 aromatic heterocycles. The highest BCUT2D eigenvalue weighted by Crippen LogP contribution is 2.35. The number of imidazole rings is 2. The number of fused-ring (bicyclic) bond motifs is 6. The largest absolute Gasteiger partial charge is 0.282 e. The Hall–Kier alpha value is -6.92. The van der Waals surface area contributed by atoms with Gasteiger partial charge >= 0.3 is 0 Å². The van der Waals surface area contributed by atoms with Gasteiger partial charge in [0.05, 0.1) is 33.8 Å². The van der Waals surface area contributed by atoms with Crippen LogP contribution in [-0.4, -0.2) is 28.7 Å². The molecule has 6 heteroatoms. The average Bonchev–Trinajstić information content (AvgIpc) is 3.80. The lowest BCUT2D eigenvalue weighted by Crippen LogP contribution is -1.92. The molecule has 6 aromatic carbocycles. The van der Waals surface area contributed by atoms with Gasteiger partial charge in [-0.15, -0.1) is 0 Å². The molecule has 10 rings (SSSR count). The summed E-state index contributed by atoms with van der Waals surface area (Å²) >= 11 is 0. The van der Waals surface area contributed by atoms with Crippen LogP contribution in [-0.2, 0) is 0 Å².